The second kappa shape index (κ2) is 12.6. The molecule has 208 valence electrons. The number of amides is 2. The van der Waals surface area contributed by atoms with Crippen molar-refractivity contribution in [2.24, 2.45) is 0 Å². The van der Waals surface area contributed by atoms with Crippen LogP contribution >= 0.6 is 23.2 Å². The highest BCUT2D eigenvalue weighted by molar-refractivity contribution is 7.92. The van der Waals surface area contributed by atoms with Crippen molar-refractivity contribution >= 4 is 61.5 Å². The molecule has 1 aliphatic carbocycles. The highest BCUT2D eigenvalue weighted by atomic mass is 35.5. The average molecular weight is 591 g/mol. The molecule has 4 rings (SSSR count). The predicted octanol–water partition coefficient (Wildman–Crippen LogP) is 5.78. The number of anilines is 1. The van der Waals surface area contributed by atoms with Gasteiger partial charge in [0.25, 0.3) is 0 Å². The van der Waals surface area contributed by atoms with Crippen molar-refractivity contribution in [2.45, 2.75) is 57.7 Å². The van der Waals surface area contributed by atoms with E-state index in [1.807, 2.05) is 30.3 Å². The number of hydrogen-bond donors (Lipinski definition) is 1. The molecule has 0 aromatic heterocycles. The summed E-state index contributed by atoms with van der Waals surface area (Å²) in [6.45, 7) is 1.26. The fourth-order valence-electron chi connectivity index (χ4n) is 5.01. The van der Waals surface area contributed by atoms with E-state index in [0.29, 0.717) is 26.7 Å². The molecule has 0 bridgehead atoms. The normalized spacial score (nSPS) is 15.1. The van der Waals surface area contributed by atoms with Crippen molar-refractivity contribution in [3.8, 4) is 0 Å². The van der Waals surface area contributed by atoms with Crippen LogP contribution < -0.4 is 9.62 Å². The van der Waals surface area contributed by atoms with Gasteiger partial charge in [-0.3, -0.25) is 13.9 Å². The minimum absolute atomic E-state index is 0.0577. The molecule has 10 heteroatoms. The lowest BCUT2D eigenvalue weighted by molar-refractivity contribution is -0.139. The van der Waals surface area contributed by atoms with Crippen LogP contribution in [-0.2, 0) is 26.2 Å². The van der Waals surface area contributed by atoms with E-state index in [9.17, 15) is 18.0 Å². The summed E-state index contributed by atoms with van der Waals surface area (Å²) in [5, 5.41) is 5.35. The van der Waals surface area contributed by atoms with E-state index in [-0.39, 0.29) is 18.5 Å². The number of nitrogens with zero attached hydrogens (tertiary/aromatic N) is 2. The molecule has 1 aliphatic rings. The summed E-state index contributed by atoms with van der Waals surface area (Å²) >= 11 is 12.3. The maximum Gasteiger partial charge on any atom is 0.244 e. The first kappa shape index (κ1) is 29.2. The fourth-order valence-corrected chi connectivity index (χ4v) is 6.19. The first-order valence-electron chi connectivity index (χ1n) is 13.0. The van der Waals surface area contributed by atoms with Gasteiger partial charge in [0.05, 0.1) is 22.0 Å². The Labute approximate surface area is 240 Å². The molecule has 0 heterocycles. The van der Waals surface area contributed by atoms with E-state index in [4.69, 9.17) is 23.2 Å². The third-order valence-corrected chi connectivity index (χ3v) is 9.04. The summed E-state index contributed by atoms with van der Waals surface area (Å²) in [5.74, 6) is -0.780. The van der Waals surface area contributed by atoms with Gasteiger partial charge in [0, 0.05) is 18.0 Å². The van der Waals surface area contributed by atoms with Crippen molar-refractivity contribution in [3.63, 3.8) is 0 Å². The molecule has 0 radical (unpaired) electrons. The van der Waals surface area contributed by atoms with Gasteiger partial charge in [-0.2, -0.15) is 0 Å². The molecule has 0 aliphatic heterocycles. The zero-order valence-electron chi connectivity index (χ0n) is 22.1. The Kier molecular flexibility index (Phi) is 9.41. The number of nitrogens with one attached hydrogen (secondary N) is 1. The van der Waals surface area contributed by atoms with Crippen LogP contribution in [0.3, 0.4) is 0 Å². The first-order valence-corrected chi connectivity index (χ1v) is 15.6. The van der Waals surface area contributed by atoms with Gasteiger partial charge in [-0.1, -0.05) is 84.9 Å². The van der Waals surface area contributed by atoms with Crippen LogP contribution in [0.5, 0.6) is 0 Å². The molecule has 0 spiro atoms. The first-order chi connectivity index (χ1) is 18.5. The van der Waals surface area contributed by atoms with Gasteiger partial charge >= 0.3 is 0 Å². The summed E-state index contributed by atoms with van der Waals surface area (Å²) < 4.78 is 27.1. The molecule has 7 nitrogen and oxygen atoms in total. The van der Waals surface area contributed by atoms with Gasteiger partial charge in [0.15, 0.2) is 0 Å². The zero-order chi connectivity index (χ0) is 28.2. The molecule has 3 aromatic rings. The molecular formula is C29H33Cl2N3O4S. The third kappa shape index (κ3) is 7.24. The zero-order valence-corrected chi connectivity index (χ0v) is 24.4. The Morgan fingerprint density at radius 1 is 0.974 bits per heavy atom. The second-order valence-corrected chi connectivity index (χ2v) is 12.8. The molecular weight excluding hydrogens is 557 g/mol. The summed E-state index contributed by atoms with van der Waals surface area (Å²) in [6, 6.07) is 17.0. The molecule has 0 saturated heterocycles. The number of benzene rings is 3. The Bertz CT molecular complexity index is 1450. The molecule has 1 atom stereocenters. The quantitative estimate of drug-likeness (QED) is 0.343. The lowest BCUT2D eigenvalue weighted by atomic mass is 9.95. The van der Waals surface area contributed by atoms with Gasteiger partial charge in [0.1, 0.15) is 12.6 Å². The van der Waals surface area contributed by atoms with Crippen molar-refractivity contribution < 1.29 is 18.0 Å². The van der Waals surface area contributed by atoms with E-state index in [1.54, 1.807) is 37.3 Å². The number of halogens is 2. The van der Waals surface area contributed by atoms with E-state index < -0.39 is 28.5 Å². The monoisotopic (exact) mass is 589 g/mol. The van der Waals surface area contributed by atoms with E-state index in [1.165, 1.54) is 4.90 Å². The molecule has 1 fully saturated rings. The topological polar surface area (TPSA) is 86.8 Å². The number of hydrogen-bond acceptors (Lipinski definition) is 4. The Balaban J connectivity index is 1.66. The number of carbonyl (C=O) groups is 2. The van der Waals surface area contributed by atoms with Crippen molar-refractivity contribution in [1.29, 1.82) is 0 Å². The van der Waals surface area contributed by atoms with Gasteiger partial charge in [-0.25, -0.2) is 8.42 Å². The van der Waals surface area contributed by atoms with Crippen LogP contribution in [0.25, 0.3) is 10.8 Å². The van der Waals surface area contributed by atoms with Crippen LogP contribution in [0.2, 0.25) is 10.0 Å². The fraction of sp³-hybridized carbons (Fsp3) is 0.379. The minimum atomic E-state index is -3.85. The lowest BCUT2D eigenvalue weighted by Crippen LogP contribution is -2.53. The molecule has 2 amide bonds. The highest BCUT2D eigenvalue weighted by Crippen LogP contribution is 2.29. The van der Waals surface area contributed by atoms with Crippen molar-refractivity contribution in [1.82, 2.24) is 10.2 Å². The molecule has 1 saturated carbocycles. The maximum absolute atomic E-state index is 13.9. The number of rotatable bonds is 9. The summed E-state index contributed by atoms with van der Waals surface area (Å²) in [6.07, 6.45) is 6.15. The minimum Gasteiger partial charge on any atom is -0.352 e. The van der Waals surface area contributed by atoms with E-state index in [0.717, 1.165) is 48.1 Å². The Morgan fingerprint density at radius 3 is 2.36 bits per heavy atom. The van der Waals surface area contributed by atoms with Crippen LogP contribution in [0, 0.1) is 0 Å². The largest absolute Gasteiger partial charge is 0.352 e. The third-order valence-electron chi connectivity index (χ3n) is 7.17. The SMILES string of the molecule is C[C@H](C(=O)NC1CCCCC1)N(Cc1ccc(Cl)c(Cl)c1)C(=O)CN(c1cccc2ccccc12)S(C)(=O)=O. The van der Waals surface area contributed by atoms with Gasteiger partial charge < -0.3 is 10.2 Å². The summed E-state index contributed by atoms with van der Waals surface area (Å²) in [5.41, 5.74) is 1.07. The van der Waals surface area contributed by atoms with Crippen LogP contribution in [0.4, 0.5) is 5.69 Å². The number of carbonyl (C=O) groups excluding carboxylic acids is 2. The molecule has 39 heavy (non-hydrogen) atoms. The Morgan fingerprint density at radius 2 is 1.67 bits per heavy atom. The van der Waals surface area contributed by atoms with Gasteiger partial charge in [-0.05, 0) is 48.9 Å². The van der Waals surface area contributed by atoms with Gasteiger partial charge in [0.2, 0.25) is 21.8 Å². The van der Waals surface area contributed by atoms with Crippen molar-refractivity contribution in [3.05, 3.63) is 76.3 Å². The van der Waals surface area contributed by atoms with Gasteiger partial charge in [-0.15, -0.1) is 0 Å². The number of fused-ring (bicyclic) bond motifs is 1. The van der Waals surface area contributed by atoms with Crippen LogP contribution in [-0.4, -0.2) is 50.0 Å². The highest BCUT2D eigenvalue weighted by Gasteiger charge is 2.31. The van der Waals surface area contributed by atoms with E-state index >= 15 is 0 Å². The van der Waals surface area contributed by atoms with E-state index in [2.05, 4.69) is 5.32 Å². The summed E-state index contributed by atoms with van der Waals surface area (Å²) in [7, 11) is -3.85. The van der Waals surface area contributed by atoms with Crippen LogP contribution in [0.1, 0.15) is 44.6 Å². The van der Waals surface area contributed by atoms with Crippen molar-refractivity contribution in [2.75, 3.05) is 17.1 Å². The smallest absolute Gasteiger partial charge is 0.244 e. The molecule has 0 unspecified atom stereocenters. The number of sulfonamides is 1. The summed E-state index contributed by atoms with van der Waals surface area (Å²) in [4.78, 5) is 28.6. The second-order valence-electron chi connectivity index (χ2n) is 10.1. The average Bonchev–Trinajstić information content (AvgIpc) is 2.91. The molecule has 3 aromatic carbocycles. The predicted molar refractivity (Wildman–Crippen MR) is 158 cm³/mol. The molecule has 1 N–H and O–H groups in total. The maximum atomic E-state index is 13.9. The standard InChI is InChI=1S/C29H33Cl2N3O4S/c1-20(29(36)32-23-11-4-3-5-12-23)33(18-21-15-16-25(30)26(31)17-21)28(35)19-34(39(2,37)38)27-14-8-10-22-9-6-7-13-24(22)27/h6-10,13-17,20,23H,3-5,11-12,18-19H2,1-2H3,(H,32,36)/t20-/m1/s1. The lowest BCUT2D eigenvalue weighted by Gasteiger charge is -2.33. The Hall–Kier alpha value is -2.81. The van der Waals surface area contributed by atoms with Crippen LogP contribution in [0.15, 0.2) is 60.7 Å².